The number of hydrogen-bond acceptors (Lipinski definition) is 4. The van der Waals surface area contributed by atoms with Crippen LogP contribution in [0.3, 0.4) is 0 Å². The third-order valence-corrected chi connectivity index (χ3v) is 7.27. The Morgan fingerprint density at radius 3 is 2.24 bits per heavy atom. The molecule has 7 nitrogen and oxygen atoms in total. The molecule has 0 radical (unpaired) electrons. The summed E-state index contributed by atoms with van der Waals surface area (Å²) in [7, 11) is -3.77. The van der Waals surface area contributed by atoms with E-state index in [4.69, 9.17) is 0 Å². The number of halogens is 1. The lowest BCUT2D eigenvalue weighted by atomic mass is 10.1. The fourth-order valence-corrected chi connectivity index (χ4v) is 5.04. The van der Waals surface area contributed by atoms with Gasteiger partial charge in [-0.05, 0) is 58.5 Å². The summed E-state index contributed by atoms with van der Waals surface area (Å²) >= 11 is 3.38. The van der Waals surface area contributed by atoms with Gasteiger partial charge in [-0.3, -0.25) is 13.9 Å². The second-order valence-electron chi connectivity index (χ2n) is 8.73. The van der Waals surface area contributed by atoms with Crippen molar-refractivity contribution in [3.05, 3.63) is 64.1 Å². The summed E-state index contributed by atoms with van der Waals surface area (Å²) in [5.74, 6) is -0.431. The van der Waals surface area contributed by atoms with E-state index in [1.165, 1.54) is 4.90 Å². The quantitative estimate of drug-likeness (QED) is 0.455. The predicted octanol–water partition coefficient (Wildman–Crippen LogP) is 4.10. The van der Waals surface area contributed by atoms with Gasteiger partial charge in [-0.15, -0.1) is 0 Å². The van der Waals surface area contributed by atoms with Crippen LogP contribution in [0.25, 0.3) is 0 Å². The lowest BCUT2D eigenvalue weighted by Gasteiger charge is -2.33. The van der Waals surface area contributed by atoms with Crippen molar-refractivity contribution in [2.45, 2.75) is 46.7 Å². The van der Waals surface area contributed by atoms with Crippen molar-refractivity contribution in [3.8, 4) is 0 Å². The van der Waals surface area contributed by atoms with E-state index < -0.39 is 28.5 Å². The molecule has 0 bridgehead atoms. The van der Waals surface area contributed by atoms with Crippen molar-refractivity contribution >= 4 is 43.5 Å². The summed E-state index contributed by atoms with van der Waals surface area (Å²) in [6.07, 6.45) is 1.47. The van der Waals surface area contributed by atoms with Crippen LogP contribution in [0.5, 0.6) is 0 Å². The Kier molecular flexibility index (Phi) is 10.1. The third-order valence-electron chi connectivity index (χ3n) is 5.47. The van der Waals surface area contributed by atoms with Gasteiger partial charge >= 0.3 is 0 Å². The molecule has 1 N–H and O–H groups in total. The van der Waals surface area contributed by atoms with Crippen molar-refractivity contribution < 1.29 is 18.0 Å². The Morgan fingerprint density at radius 1 is 1.06 bits per heavy atom. The highest BCUT2D eigenvalue weighted by Gasteiger charge is 2.32. The maximum atomic E-state index is 13.7. The largest absolute Gasteiger partial charge is 0.354 e. The summed E-state index contributed by atoms with van der Waals surface area (Å²) in [5, 5.41) is 2.92. The molecule has 1 atom stereocenters. The molecule has 9 heteroatoms. The number of anilines is 1. The fourth-order valence-electron chi connectivity index (χ4n) is 3.56. The van der Waals surface area contributed by atoms with E-state index in [9.17, 15) is 18.0 Å². The summed E-state index contributed by atoms with van der Waals surface area (Å²) in [6.45, 7) is 8.07. The van der Waals surface area contributed by atoms with E-state index in [0.29, 0.717) is 23.1 Å². The molecule has 1 unspecified atom stereocenters. The van der Waals surface area contributed by atoms with E-state index >= 15 is 0 Å². The lowest BCUT2D eigenvalue weighted by Crippen LogP contribution is -2.52. The van der Waals surface area contributed by atoms with E-state index in [2.05, 4.69) is 21.2 Å². The minimum Gasteiger partial charge on any atom is -0.354 e. The van der Waals surface area contributed by atoms with Crippen molar-refractivity contribution in [2.75, 3.05) is 23.7 Å². The number of benzene rings is 2. The number of carbonyl (C=O) groups is 2. The molecule has 2 aromatic carbocycles. The van der Waals surface area contributed by atoms with Crippen LogP contribution in [0.4, 0.5) is 5.69 Å². The van der Waals surface area contributed by atoms with E-state index in [1.807, 2.05) is 52.0 Å². The number of nitrogens with zero attached hydrogens (tertiary/aromatic N) is 2. The predicted molar refractivity (Wildman–Crippen MR) is 140 cm³/mol. The molecule has 0 spiro atoms. The van der Waals surface area contributed by atoms with Gasteiger partial charge in [-0.1, -0.05) is 57.2 Å². The Morgan fingerprint density at radius 2 is 1.68 bits per heavy atom. The topological polar surface area (TPSA) is 86.8 Å². The molecular weight excluding hydrogens is 518 g/mol. The first-order valence-corrected chi connectivity index (χ1v) is 13.9. The summed E-state index contributed by atoms with van der Waals surface area (Å²) < 4.78 is 26.9. The van der Waals surface area contributed by atoms with Crippen molar-refractivity contribution in [1.82, 2.24) is 10.2 Å². The number of hydrogen-bond donors (Lipinski definition) is 1. The maximum absolute atomic E-state index is 13.7. The van der Waals surface area contributed by atoms with E-state index in [0.717, 1.165) is 21.7 Å². The summed E-state index contributed by atoms with van der Waals surface area (Å²) in [5.41, 5.74) is 2.26. The molecule has 0 saturated carbocycles. The summed E-state index contributed by atoms with van der Waals surface area (Å²) in [6, 6.07) is 13.8. The lowest BCUT2D eigenvalue weighted by molar-refractivity contribution is -0.140. The van der Waals surface area contributed by atoms with Crippen LogP contribution in [-0.4, -0.2) is 50.5 Å². The van der Waals surface area contributed by atoms with E-state index in [-0.39, 0.29) is 18.4 Å². The normalized spacial score (nSPS) is 12.3. The highest BCUT2D eigenvalue weighted by Crippen LogP contribution is 2.28. The molecule has 0 saturated heterocycles. The zero-order valence-corrected chi connectivity index (χ0v) is 22.8. The molecule has 2 amide bonds. The highest BCUT2D eigenvalue weighted by molar-refractivity contribution is 9.10. The van der Waals surface area contributed by atoms with Gasteiger partial charge in [0.05, 0.1) is 11.9 Å². The molecule has 2 rings (SSSR count). The molecule has 0 fully saturated rings. The molecule has 0 aromatic heterocycles. The molecule has 186 valence electrons. The first kappa shape index (κ1) is 27.9. The number of aryl methyl sites for hydroxylation is 1. The van der Waals surface area contributed by atoms with Crippen molar-refractivity contribution in [3.63, 3.8) is 0 Å². The Labute approximate surface area is 211 Å². The van der Waals surface area contributed by atoms with Crippen LogP contribution in [0.2, 0.25) is 0 Å². The van der Waals surface area contributed by atoms with Crippen molar-refractivity contribution in [2.24, 2.45) is 5.92 Å². The molecule has 0 aliphatic carbocycles. The van der Waals surface area contributed by atoms with Gasteiger partial charge in [0, 0.05) is 17.6 Å². The maximum Gasteiger partial charge on any atom is 0.244 e. The van der Waals surface area contributed by atoms with Gasteiger partial charge in [-0.2, -0.15) is 0 Å². The average Bonchev–Trinajstić information content (AvgIpc) is 2.76. The van der Waals surface area contributed by atoms with Crippen LogP contribution >= 0.6 is 15.9 Å². The van der Waals surface area contributed by atoms with Gasteiger partial charge in [0.15, 0.2) is 0 Å². The summed E-state index contributed by atoms with van der Waals surface area (Å²) in [4.78, 5) is 28.2. The minimum atomic E-state index is -3.77. The second kappa shape index (κ2) is 12.4. The molecule has 0 heterocycles. The first-order valence-electron chi connectivity index (χ1n) is 11.3. The van der Waals surface area contributed by atoms with Gasteiger partial charge in [-0.25, -0.2) is 8.42 Å². The third kappa shape index (κ3) is 7.56. The highest BCUT2D eigenvalue weighted by atomic mass is 79.9. The zero-order chi connectivity index (χ0) is 25.5. The Hall–Kier alpha value is -2.39. The zero-order valence-electron chi connectivity index (χ0n) is 20.4. The molecule has 34 heavy (non-hydrogen) atoms. The monoisotopic (exact) mass is 551 g/mol. The van der Waals surface area contributed by atoms with Gasteiger partial charge in [0.1, 0.15) is 12.6 Å². The number of sulfonamides is 1. The van der Waals surface area contributed by atoms with Gasteiger partial charge in [0.25, 0.3) is 0 Å². The molecule has 0 aliphatic heterocycles. The number of para-hydroxylation sites is 1. The van der Waals surface area contributed by atoms with E-state index in [1.54, 1.807) is 24.3 Å². The minimum absolute atomic E-state index is 0.201. The van der Waals surface area contributed by atoms with Gasteiger partial charge < -0.3 is 10.2 Å². The Balaban J connectivity index is 2.45. The number of nitrogens with one attached hydrogen (secondary N) is 1. The smallest absolute Gasteiger partial charge is 0.244 e. The Bertz CT molecular complexity index is 1100. The molecule has 2 aromatic rings. The van der Waals surface area contributed by atoms with Crippen LogP contribution < -0.4 is 9.62 Å². The molecule has 0 aliphatic rings. The van der Waals surface area contributed by atoms with Gasteiger partial charge in [0.2, 0.25) is 21.8 Å². The SMILES string of the molecule is CCC(C(=O)NCC(C)C)N(Cc1ccccc1C)C(=O)CN(c1ccccc1Br)S(C)(=O)=O. The standard InChI is InChI=1S/C25H34BrN3O4S/c1-6-22(25(31)27-15-18(2)3)28(16-20-12-8-7-11-19(20)4)24(30)17-29(34(5,32)33)23-14-10-9-13-21(23)26/h7-14,18,22H,6,15-17H2,1-5H3,(H,27,31). The van der Waals surface area contributed by atoms with Crippen molar-refractivity contribution in [1.29, 1.82) is 0 Å². The average molecular weight is 553 g/mol. The van der Waals surface area contributed by atoms with Crippen LogP contribution in [0.15, 0.2) is 53.0 Å². The van der Waals surface area contributed by atoms with Crippen LogP contribution in [0.1, 0.15) is 38.3 Å². The fraction of sp³-hybridized carbons (Fsp3) is 0.440. The number of rotatable bonds is 11. The second-order valence-corrected chi connectivity index (χ2v) is 11.5. The van der Waals surface area contributed by atoms with Crippen LogP contribution in [0, 0.1) is 12.8 Å². The van der Waals surface area contributed by atoms with Crippen LogP contribution in [-0.2, 0) is 26.2 Å². The first-order chi connectivity index (χ1) is 16.0. The molecular formula is C25H34BrN3O4S. The number of amides is 2. The number of carbonyl (C=O) groups excluding carboxylic acids is 2.